The SMILES string of the molecule is O=C(CSC1CCNCC1)NC1(C(=O)O)CCCCCC1. The average molecular weight is 314 g/mol. The van der Waals surface area contributed by atoms with Crippen molar-refractivity contribution in [2.45, 2.75) is 62.2 Å². The van der Waals surface area contributed by atoms with Gasteiger partial charge in [0.15, 0.2) is 0 Å². The average Bonchev–Trinajstić information content (AvgIpc) is 2.73. The molecule has 0 unspecified atom stereocenters. The van der Waals surface area contributed by atoms with E-state index in [4.69, 9.17) is 0 Å². The number of hydrogen-bond donors (Lipinski definition) is 3. The Hall–Kier alpha value is -0.750. The van der Waals surface area contributed by atoms with Crippen LogP contribution in [-0.2, 0) is 9.59 Å². The normalized spacial score (nSPS) is 23.2. The van der Waals surface area contributed by atoms with E-state index < -0.39 is 11.5 Å². The molecule has 6 heteroatoms. The number of carboxylic acid groups (broad SMARTS) is 1. The summed E-state index contributed by atoms with van der Waals surface area (Å²) in [4.78, 5) is 23.8. The second kappa shape index (κ2) is 8.03. The van der Waals surface area contributed by atoms with Gasteiger partial charge in [-0.25, -0.2) is 4.79 Å². The number of hydrogen-bond acceptors (Lipinski definition) is 4. The van der Waals surface area contributed by atoms with Gasteiger partial charge >= 0.3 is 5.97 Å². The summed E-state index contributed by atoms with van der Waals surface area (Å²) in [6.45, 7) is 2.02. The highest BCUT2D eigenvalue weighted by atomic mass is 32.2. The molecule has 0 atom stereocenters. The van der Waals surface area contributed by atoms with Gasteiger partial charge in [-0.1, -0.05) is 25.7 Å². The van der Waals surface area contributed by atoms with E-state index in [-0.39, 0.29) is 5.91 Å². The van der Waals surface area contributed by atoms with E-state index in [1.807, 2.05) is 0 Å². The van der Waals surface area contributed by atoms with Gasteiger partial charge in [0.25, 0.3) is 0 Å². The Labute approximate surface area is 130 Å². The first-order valence-corrected chi connectivity index (χ1v) is 9.04. The lowest BCUT2D eigenvalue weighted by atomic mass is 9.90. The maximum absolute atomic E-state index is 12.2. The fourth-order valence-corrected chi connectivity index (χ4v) is 4.21. The number of carbonyl (C=O) groups is 2. The van der Waals surface area contributed by atoms with Crippen LogP contribution in [0, 0.1) is 0 Å². The highest BCUT2D eigenvalue weighted by Gasteiger charge is 2.39. The molecule has 0 aromatic rings. The third kappa shape index (κ3) is 4.88. The van der Waals surface area contributed by atoms with Crippen molar-refractivity contribution in [2.75, 3.05) is 18.8 Å². The molecule has 1 amide bonds. The summed E-state index contributed by atoms with van der Waals surface area (Å²) >= 11 is 1.66. The fraction of sp³-hybridized carbons (Fsp3) is 0.867. The van der Waals surface area contributed by atoms with E-state index in [9.17, 15) is 14.7 Å². The monoisotopic (exact) mass is 314 g/mol. The lowest BCUT2D eigenvalue weighted by Gasteiger charge is -2.29. The maximum atomic E-state index is 12.2. The van der Waals surface area contributed by atoms with Crippen LogP contribution in [0.1, 0.15) is 51.4 Å². The van der Waals surface area contributed by atoms with Crippen molar-refractivity contribution in [3.8, 4) is 0 Å². The molecule has 0 aromatic carbocycles. The number of thioether (sulfide) groups is 1. The molecular weight excluding hydrogens is 288 g/mol. The van der Waals surface area contributed by atoms with Crippen molar-refractivity contribution in [3.63, 3.8) is 0 Å². The van der Waals surface area contributed by atoms with Crippen LogP contribution in [0.3, 0.4) is 0 Å². The fourth-order valence-electron chi connectivity index (χ4n) is 3.18. The van der Waals surface area contributed by atoms with Crippen LogP contribution in [0.25, 0.3) is 0 Å². The Morgan fingerprint density at radius 2 is 1.76 bits per heavy atom. The quantitative estimate of drug-likeness (QED) is 0.674. The molecule has 2 rings (SSSR count). The molecule has 5 nitrogen and oxygen atoms in total. The number of carboxylic acids is 1. The van der Waals surface area contributed by atoms with Gasteiger partial charge in [-0.3, -0.25) is 4.79 Å². The van der Waals surface area contributed by atoms with E-state index in [2.05, 4.69) is 10.6 Å². The van der Waals surface area contributed by atoms with Gasteiger partial charge in [0.2, 0.25) is 5.91 Å². The first-order valence-electron chi connectivity index (χ1n) is 7.99. The standard InChI is InChI=1S/C15H26N2O3S/c18-13(11-21-12-5-9-16-10-6-12)17-15(14(19)20)7-3-1-2-4-8-15/h12,16H,1-11H2,(H,17,18)(H,19,20). The van der Waals surface area contributed by atoms with E-state index >= 15 is 0 Å². The van der Waals surface area contributed by atoms with Crippen LogP contribution in [-0.4, -0.2) is 46.6 Å². The Morgan fingerprint density at radius 3 is 2.33 bits per heavy atom. The van der Waals surface area contributed by atoms with E-state index in [1.54, 1.807) is 11.8 Å². The number of aliphatic carboxylic acids is 1. The molecule has 2 aliphatic rings. The molecule has 0 radical (unpaired) electrons. The van der Waals surface area contributed by atoms with Crippen molar-refractivity contribution in [1.29, 1.82) is 0 Å². The summed E-state index contributed by atoms with van der Waals surface area (Å²) in [5.41, 5.74) is -1.03. The second-order valence-electron chi connectivity index (χ2n) is 6.11. The summed E-state index contributed by atoms with van der Waals surface area (Å²) in [5, 5.41) is 16.2. The summed E-state index contributed by atoms with van der Waals surface area (Å²) in [7, 11) is 0. The number of nitrogens with one attached hydrogen (secondary N) is 2. The molecule has 1 saturated carbocycles. The maximum Gasteiger partial charge on any atom is 0.329 e. The third-order valence-corrected chi connectivity index (χ3v) is 5.85. The molecule has 21 heavy (non-hydrogen) atoms. The van der Waals surface area contributed by atoms with E-state index in [1.165, 1.54) is 0 Å². The van der Waals surface area contributed by atoms with Gasteiger partial charge in [-0.2, -0.15) is 0 Å². The summed E-state index contributed by atoms with van der Waals surface area (Å²) < 4.78 is 0. The zero-order valence-corrected chi connectivity index (χ0v) is 13.3. The highest BCUT2D eigenvalue weighted by molar-refractivity contribution is 8.00. The van der Waals surface area contributed by atoms with Gasteiger partial charge in [-0.05, 0) is 38.8 Å². The van der Waals surface area contributed by atoms with E-state index in [0.29, 0.717) is 23.8 Å². The predicted molar refractivity (Wildman–Crippen MR) is 84.6 cm³/mol. The molecule has 1 saturated heterocycles. The van der Waals surface area contributed by atoms with Crippen LogP contribution in [0.2, 0.25) is 0 Å². The molecular formula is C15H26N2O3S. The molecule has 0 spiro atoms. The largest absolute Gasteiger partial charge is 0.480 e. The minimum Gasteiger partial charge on any atom is -0.480 e. The van der Waals surface area contributed by atoms with Gasteiger partial charge in [-0.15, -0.1) is 11.8 Å². The Balaban J connectivity index is 1.84. The Morgan fingerprint density at radius 1 is 1.14 bits per heavy atom. The minimum atomic E-state index is -1.03. The zero-order chi connectivity index (χ0) is 15.1. The van der Waals surface area contributed by atoms with Crippen LogP contribution >= 0.6 is 11.8 Å². The van der Waals surface area contributed by atoms with E-state index in [0.717, 1.165) is 51.6 Å². The first kappa shape index (κ1) is 16.6. The highest BCUT2D eigenvalue weighted by Crippen LogP contribution is 2.28. The predicted octanol–water partition coefficient (Wildman–Crippen LogP) is 1.77. The Bertz CT molecular complexity index is 362. The van der Waals surface area contributed by atoms with Crippen molar-refractivity contribution < 1.29 is 14.7 Å². The van der Waals surface area contributed by atoms with Gasteiger partial charge < -0.3 is 15.7 Å². The molecule has 1 aliphatic carbocycles. The molecule has 1 aliphatic heterocycles. The number of amides is 1. The lowest BCUT2D eigenvalue weighted by molar-refractivity contribution is -0.148. The first-order chi connectivity index (χ1) is 10.1. The smallest absolute Gasteiger partial charge is 0.329 e. The van der Waals surface area contributed by atoms with Crippen molar-refractivity contribution in [1.82, 2.24) is 10.6 Å². The van der Waals surface area contributed by atoms with Gasteiger partial charge in [0, 0.05) is 5.25 Å². The van der Waals surface area contributed by atoms with Crippen molar-refractivity contribution >= 4 is 23.6 Å². The number of piperidine rings is 1. The lowest BCUT2D eigenvalue weighted by Crippen LogP contribution is -2.54. The van der Waals surface area contributed by atoms with Crippen molar-refractivity contribution in [2.24, 2.45) is 0 Å². The molecule has 0 bridgehead atoms. The molecule has 0 aromatic heterocycles. The molecule has 3 N–H and O–H groups in total. The van der Waals surface area contributed by atoms with Crippen molar-refractivity contribution in [3.05, 3.63) is 0 Å². The third-order valence-electron chi connectivity index (χ3n) is 4.48. The molecule has 2 fully saturated rings. The van der Waals surface area contributed by atoms with Crippen LogP contribution in [0.4, 0.5) is 0 Å². The number of rotatable bonds is 5. The van der Waals surface area contributed by atoms with Gasteiger partial charge in [0.05, 0.1) is 5.75 Å². The number of carbonyl (C=O) groups excluding carboxylic acids is 1. The zero-order valence-electron chi connectivity index (χ0n) is 12.5. The summed E-state index contributed by atoms with van der Waals surface area (Å²) in [6.07, 6.45) is 7.19. The molecule has 120 valence electrons. The van der Waals surface area contributed by atoms with Gasteiger partial charge in [0.1, 0.15) is 5.54 Å². The Kier molecular flexibility index (Phi) is 6.36. The second-order valence-corrected chi connectivity index (χ2v) is 7.40. The molecule has 1 heterocycles. The summed E-state index contributed by atoms with van der Waals surface area (Å²) in [6, 6.07) is 0. The topological polar surface area (TPSA) is 78.4 Å². The van der Waals surface area contributed by atoms with Crippen LogP contribution in [0.5, 0.6) is 0 Å². The van der Waals surface area contributed by atoms with Crippen LogP contribution in [0.15, 0.2) is 0 Å². The minimum absolute atomic E-state index is 0.122. The summed E-state index contributed by atoms with van der Waals surface area (Å²) in [5.74, 6) is -0.618. The van der Waals surface area contributed by atoms with Crippen LogP contribution < -0.4 is 10.6 Å².